The van der Waals surface area contributed by atoms with Crippen molar-refractivity contribution in [2.75, 3.05) is 28.6 Å². The minimum atomic E-state index is 0.457. The summed E-state index contributed by atoms with van der Waals surface area (Å²) in [5, 5.41) is 15.7. The third kappa shape index (κ3) is 4.04. The molecule has 0 saturated carbocycles. The Kier molecular flexibility index (Phi) is 5.07. The van der Waals surface area contributed by atoms with Crippen LogP contribution in [0.2, 0.25) is 0 Å². The van der Waals surface area contributed by atoms with Gasteiger partial charge in [0.15, 0.2) is 0 Å². The fraction of sp³-hybridized carbons (Fsp3) is 0.227. The van der Waals surface area contributed by atoms with E-state index >= 15 is 0 Å². The van der Waals surface area contributed by atoms with Gasteiger partial charge >= 0.3 is 0 Å². The van der Waals surface area contributed by atoms with Crippen LogP contribution in [0.3, 0.4) is 0 Å². The average Bonchev–Trinajstić information content (AvgIpc) is 3.23. The van der Waals surface area contributed by atoms with E-state index in [1.807, 2.05) is 31.2 Å². The van der Waals surface area contributed by atoms with Gasteiger partial charge in [-0.1, -0.05) is 12.1 Å². The van der Waals surface area contributed by atoms with Crippen LogP contribution in [-0.4, -0.2) is 23.1 Å². The first-order valence-electron chi connectivity index (χ1n) is 9.45. The lowest BCUT2D eigenvalue weighted by molar-refractivity contribution is 0.949. The molecular weight excluding hydrogens is 348 g/mol. The molecule has 1 saturated heterocycles. The van der Waals surface area contributed by atoms with Crippen LogP contribution in [0.1, 0.15) is 24.1 Å². The van der Waals surface area contributed by atoms with Crippen LogP contribution in [0, 0.1) is 18.3 Å². The Morgan fingerprint density at radius 2 is 1.71 bits per heavy atom. The molecule has 2 N–H and O–H groups in total. The fourth-order valence-corrected chi connectivity index (χ4v) is 3.38. The molecule has 0 spiro atoms. The summed E-state index contributed by atoms with van der Waals surface area (Å²) < 4.78 is 0. The summed E-state index contributed by atoms with van der Waals surface area (Å²) in [5.41, 5.74) is 4.32. The summed E-state index contributed by atoms with van der Waals surface area (Å²) in [5.74, 6) is 1.16. The number of aromatic nitrogens is 2. The van der Waals surface area contributed by atoms with Gasteiger partial charge in [-0.05, 0) is 56.2 Å². The predicted molar refractivity (Wildman–Crippen MR) is 112 cm³/mol. The summed E-state index contributed by atoms with van der Waals surface area (Å²) in [6.45, 7) is 4.19. The molecule has 0 aliphatic carbocycles. The number of nitrogens with zero attached hydrogens (tertiary/aromatic N) is 4. The summed E-state index contributed by atoms with van der Waals surface area (Å²) in [6.07, 6.45) is 2.54. The highest BCUT2D eigenvalue weighted by Crippen LogP contribution is 2.25. The number of anilines is 5. The molecule has 3 aromatic rings. The van der Waals surface area contributed by atoms with Crippen molar-refractivity contribution < 1.29 is 0 Å². The number of nitriles is 1. The molecule has 1 aliphatic rings. The highest BCUT2D eigenvalue weighted by atomic mass is 15.2. The van der Waals surface area contributed by atoms with Crippen molar-refractivity contribution in [2.45, 2.75) is 19.8 Å². The Hall–Kier alpha value is -3.59. The zero-order valence-electron chi connectivity index (χ0n) is 15.8. The van der Waals surface area contributed by atoms with Gasteiger partial charge in [0.1, 0.15) is 11.9 Å². The van der Waals surface area contributed by atoms with E-state index in [2.05, 4.69) is 55.8 Å². The first-order valence-corrected chi connectivity index (χ1v) is 9.45. The molecule has 6 heteroatoms. The highest BCUT2D eigenvalue weighted by molar-refractivity contribution is 5.65. The number of aryl methyl sites for hydroxylation is 1. The lowest BCUT2D eigenvalue weighted by Crippen LogP contribution is -2.17. The number of hydrogen-bond donors (Lipinski definition) is 2. The van der Waals surface area contributed by atoms with Crippen LogP contribution >= 0.6 is 0 Å². The Bertz CT molecular complexity index is 1000. The van der Waals surface area contributed by atoms with E-state index in [9.17, 15) is 5.26 Å². The zero-order chi connectivity index (χ0) is 19.3. The van der Waals surface area contributed by atoms with Crippen molar-refractivity contribution in [3.63, 3.8) is 0 Å². The van der Waals surface area contributed by atoms with E-state index in [4.69, 9.17) is 0 Å². The number of hydrogen-bond acceptors (Lipinski definition) is 6. The number of rotatable bonds is 5. The SMILES string of the molecule is Cc1cc(Nc2ccc(N3CCCC3)cc2)nc(Nc2ccccc2C#N)n1. The third-order valence-corrected chi connectivity index (χ3v) is 4.76. The molecule has 2 aromatic carbocycles. The van der Waals surface area contributed by atoms with Gasteiger partial charge in [-0.3, -0.25) is 0 Å². The standard InChI is InChI=1S/C22H22N6/c1-16-14-21(25-18-8-10-19(11-9-18)28-12-4-5-13-28)27-22(24-16)26-20-7-3-2-6-17(20)15-23/h2-3,6-11,14H,4-5,12-13H2,1H3,(H2,24,25,26,27). The number of nitrogens with one attached hydrogen (secondary N) is 2. The van der Waals surface area contributed by atoms with Gasteiger partial charge in [-0.2, -0.15) is 10.2 Å². The van der Waals surface area contributed by atoms with E-state index in [0.717, 1.165) is 24.5 Å². The Morgan fingerprint density at radius 3 is 2.46 bits per heavy atom. The molecular formula is C22H22N6. The van der Waals surface area contributed by atoms with Crippen molar-refractivity contribution in [3.8, 4) is 6.07 Å². The molecule has 0 amide bonds. The van der Waals surface area contributed by atoms with Crippen molar-refractivity contribution >= 4 is 28.8 Å². The minimum absolute atomic E-state index is 0.457. The van der Waals surface area contributed by atoms with Gasteiger partial charge in [0.25, 0.3) is 0 Å². The highest BCUT2D eigenvalue weighted by Gasteiger charge is 2.12. The Balaban J connectivity index is 1.51. The molecule has 1 aliphatic heterocycles. The fourth-order valence-electron chi connectivity index (χ4n) is 3.38. The molecule has 0 radical (unpaired) electrons. The normalized spacial score (nSPS) is 13.2. The largest absolute Gasteiger partial charge is 0.372 e. The van der Waals surface area contributed by atoms with Crippen molar-refractivity contribution in [1.82, 2.24) is 9.97 Å². The molecule has 28 heavy (non-hydrogen) atoms. The maximum Gasteiger partial charge on any atom is 0.229 e. The Morgan fingerprint density at radius 1 is 0.964 bits per heavy atom. The van der Waals surface area contributed by atoms with Crippen LogP contribution < -0.4 is 15.5 Å². The van der Waals surface area contributed by atoms with Crippen molar-refractivity contribution in [2.24, 2.45) is 0 Å². The van der Waals surface area contributed by atoms with Gasteiger partial charge in [0.05, 0.1) is 11.3 Å². The molecule has 4 rings (SSSR count). The second-order valence-electron chi connectivity index (χ2n) is 6.87. The van der Waals surface area contributed by atoms with Crippen LogP contribution in [-0.2, 0) is 0 Å². The minimum Gasteiger partial charge on any atom is -0.372 e. The molecule has 0 atom stereocenters. The first kappa shape index (κ1) is 17.8. The maximum atomic E-state index is 9.25. The van der Waals surface area contributed by atoms with Gasteiger partial charge in [0, 0.05) is 36.2 Å². The summed E-state index contributed by atoms with van der Waals surface area (Å²) in [7, 11) is 0. The quantitative estimate of drug-likeness (QED) is 0.675. The Labute approximate surface area is 164 Å². The smallest absolute Gasteiger partial charge is 0.229 e. The van der Waals surface area contributed by atoms with Gasteiger partial charge in [0.2, 0.25) is 5.95 Å². The predicted octanol–water partition coefficient (Wildman–Crippen LogP) is 4.74. The number of benzene rings is 2. The molecule has 6 nitrogen and oxygen atoms in total. The third-order valence-electron chi connectivity index (χ3n) is 4.76. The molecule has 1 aromatic heterocycles. The monoisotopic (exact) mass is 370 g/mol. The summed E-state index contributed by atoms with van der Waals surface area (Å²) in [4.78, 5) is 11.4. The van der Waals surface area contributed by atoms with E-state index < -0.39 is 0 Å². The van der Waals surface area contributed by atoms with Crippen LogP contribution in [0.25, 0.3) is 0 Å². The van der Waals surface area contributed by atoms with Crippen LogP contribution in [0.5, 0.6) is 0 Å². The maximum absolute atomic E-state index is 9.25. The van der Waals surface area contributed by atoms with E-state index in [0.29, 0.717) is 23.0 Å². The van der Waals surface area contributed by atoms with Crippen LogP contribution in [0.15, 0.2) is 54.6 Å². The van der Waals surface area contributed by atoms with Gasteiger partial charge in [-0.25, -0.2) is 4.98 Å². The topological polar surface area (TPSA) is 76.9 Å². The molecule has 0 unspecified atom stereocenters. The van der Waals surface area contributed by atoms with Crippen molar-refractivity contribution in [1.29, 1.82) is 5.26 Å². The summed E-state index contributed by atoms with van der Waals surface area (Å²) in [6, 6.07) is 19.8. The second-order valence-corrected chi connectivity index (χ2v) is 6.87. The first-order chi connectivity index (χ1) is 13.7. The second kappa shape index (κ2) is 7.97. The molecule has 2 heterocycles. The zero-order valence-corrected chi connectivity index (χ0v) is 15.8. The molecule has 1 fully saturated rings. The van der Waals surface area contributed by atoms with E-state index in [-0.39, 0.29) is 0 Å². The van der Waals surface area contributed by atoms with Crippen molar-refractivity contribution in [3.05, 3.63) is 65.9 Å². The van der Waals surface area contributed by atoms with E-state index in [1.54, 1.807) is 6.07 Å². The van der Waals surface area contributed by atoms with Crippen LogP contribution in [0.4, 0.5) is 28.8 Å². The molecule has 0 bridgehead atoms. The number of para-hydroxylation sites is 1. The van der Waals surface area contributed by atoms with Gasteiger partial charge in [-0.15, -0.1) is 0 Å². The molecule has 140 valence electrons. The van der Waals surface area contributed by atoms with E-state index in [1.165, 1.54) is 18.5 Å². The van der Waals surface area contributed by atoms with Gasteiger partial charge < -0.3 is 15.5 Å². The lowest BCUT2D eigenvalue weighted by atomic mass is 10.2. The summed E-state index contributed by atoms with van der Waals surface area (Å²) >= 11 is 0. The average molecular weight is 370 g/mol. The lowest BCUT2D eigenvalue weighted by Gasteiger charge is -2.18.